The Kier molecular flexibility index (Phi) is 5.60. The van der Waals surface area contributed by atoms with Gasteiger partial charge in [-0.25, -0.2) is 0 Å². The van der Waals surface area contributed by atoms with Gasteiger partial charge in [-0.3, -0.25) is 4.90 Å². The van der Waals surface area contributed by atoms with Crippen LogP contribution in [-0.2, 0) is 4.79 Å². The van der Waals surface area contributed by atoms with Crippen molar-refractivity contribution in [3.8, 4) is 0 Å². The van der Waals surface area contributed by atoms with Gasteiger partial charge in [0.15, 0.2) is 0 Å². The predicted octanol–water partition coefficient (Wildman–Crippen LogP) is 2.08. The van der Waals surface area contributed by atoms with Crippen LogP contribution in [0.25, 0.3) is 0 Å². The molecule has 1 aliphatic rings. The lowest BCUT2D eigenvalue weighted by Gasteiger charge is -2.40. The summed E-state index contributed by atoms with van der Waals surface area (Å²) in [6.45, 7) is 8.13. The Balaban J connectivity index is 2.68. The first kappa shape index (κ1) is 14.7. The van der Waals surface area contributed by atoms with E-state index < -0.39 is 0 Å². The summed E-state index contributed by atoms with van der Waals surface area (Å²) in [6, 6.07) is 0.385. The summed E-state index contributed by atoms with van der Waals surface area (Å²) in [6.07, 6.45) is 5.60. The average molecular weight is 241 g/mol. The molecule has 0 aromatic heterocycles. The van der Waals surface area contributed by atoms with Gasteiger partial charge in [-0.2, -0.15) is 0 Å². The Labute approximate surface area is 105 Å². The lowest BCUT2D eigenvalue weighted by Crippen LogP contribution is -2.45. The number of hydrogen-bond acceptors (Lipinski definition) is 3. The molecule has 0 aromatic rings. The van der Waals surface area contributed by atoms with Gasteiger partial charge in [0.25, 0.3) is 0 Å². The molecule has 1 rings (SSSR count). The van der Waals surface area contributed by atoms with E-state index in [4.69, 9.17) is 5.11 Å². The van der Waals surface area contributed by atoms with Gasteiger partial charge in [0.05, 0.1) is 6.61 Å². The lowest BCUT2D eigenvalue weighted by molar-refractivity contribution is -0.120. The van der Waals surface area contributed by atoms with Crippen LogP contribution in [0.5, 0.6) is 0 Å². The van der Waals surface area contributed by atoms with Crippen LogP contribution in [0.2, 0.25) is 0 Å². The van der Waals surface area contributed by atoms with E-state index >= 15 is 0 Å². The Hall–Kier alpha value is -0.410. The largest absolute Gasteiger partial charge is 0.395 e. The maximum Gasteiger partial charge on any atom is 0.127 e. The molecule has 1 N–H and O–H groups in total. The molecule has 0 aliphatic heterocycles. The molecule has 0 heterocycles. The molecule has 0 amide bonds. The van der Waals surface area contributed by atoms with Gasteiger partial charge in [-0.1, -0.05) is 19.8 Å². The van der Waals surface area contributed by atoms with E-state index in [1.165, 1.54) is 12.7 Å². The van der Waals surface area contributed by atoms with Crippen molar-refractivity contribution in [3.63, 3.8) is 0 Å². The summed E-state index contributed by atoms with van der Waals surface area (Å²) < 4.78 is 0. The lowest BCUT2D eigenvalue weighted by atomic mass is 9.70. The van der Waals surface area contributed by atoms with Crippen LogP contribution < -0.4 is 0 Å². The Morgan fingerprint density at radius 3 is 2.71 bits per heavy atom. The number of rotatable bonds is 6. The number of carbonyl (C=O) groups is 1. The summed E-state index contributed by atoms with van der Waals surface area (Å²) >= 11 is 0. The monoisotopic (exact) mass is 241 g/mol. The van der Waals surface area contributed by atoms with Gasteiger partial charge >= 0.3 is 0 Å². The van der Waals surface area contributed by atoms with E-state index in [1.807, 2.05) is 0 Å². The maximum atomic E-state index is 11.5. The van der Waals surface area contributed by atoms with Crippen LogP contribution in [0.3, 0.4) is 0 Å². The number of carbonyl (C=O) groups excluding carboxylic acids is 1. The number of aliphatic hydroxyl groups excluding tert-OH is 1. The summed E-state index contributed by atoms with van der Waals surface area (Å²) in [7, 11) is 0. The first-order valence-electron chi connectivity index (χ1n) is 6.84. The van der Waals surface area contributed by atoms with Gasteiger partial charge in [0.2, 0.25) is 0 Å². The second-order valence-corrected chi connectivity index (χ2v) is 5.97. The molecule has 0 bridgehead atoms. The van der Waals surface area contributed by atoms with E-state index in [9.17, 15) is 4.79 Å². The number of hydrogen-bond donors (Lipinski definition) is 1. The van der Waals surface area contributed by atoms with E-state index in [-0.39, 0.29) is 12.0 Å². The third-order valence-electron chi connectivity index (χ3n) is 4.01. The quantitative estimate of drug-likeness (QED) is 0.724. The van der Waals surface area contributed by atoms with Gasteiger partial charge in [-0.15, -0.1) is 0 Å². The highest BCUT2D eigenvalue weighted by molar-refractivity contribution is 5.60. The van der Waals surface area contributed by atoms with Crippen LogP contribution in [0.1, 0.15) is 46.5 Å². The van der Waals surface area contributed by atoms with Crippen LogP contribution >= 0.6 is 0 Å². The molecule has 1 saturated carbocycles. The van der Waals surface area contributed by atoms with E-state index in [1.54, 1.807) is 0 Å². The first-order chi connectivity index (χ1) is 8.03. The highest BCUT2D eigenvalue weighted by Gasteiger charge is 2.36. The van der Waals surface area contributed by atoms with E-state index in [2.05, 4.69) is 25.7 Å². The molecule has 1 fully saturated rings. The van der Waals surface area contributed by atoms with Crippen molar-refractivity contribution in [3.05, 3.63) is 0 Å². The van der Waals surface area contributed by atoms with Crippen molar-refractivity contribution >= 4 is 6.29 Å². The van der Waals surface area contributed by atoms with Crippen molar-refractivity contribution in [1.82, 2.24) is 4.90 Å². The smallest absolute Gasteiger partial charge is 0.127 e. The predicted molar refractivity (Wildman–Crippen MR) is 69.9 cm³/mol. The number of aldehydes is 1. The molecule has 1 aliphatic carbocycles. The molecule has 0 spiro atoms. The fourth-order valence-electron chi connectivity index (χ4n) is 3.04. The van der Waals surface area contributed by atoms with Gasteiger partial charge in [-0.05, 0) is 32.6 Å². The second kappa shape index (κ2) is 6.50. The fourth-order valence-corrected chi connectivity index (χ4v) is 3.04. The van der Waals surface area contributed by atoms with Crippen molar-refractivity contribution in [2.75, 3.05) is 19.7 Å². The third-order valence-corrected chi connectivity index (χ3v) is 4.01. The Morgan fingerprint density at radius 2 is 2.24 bits per heavy atom. The summed E-state index contributed by atoms with van der Waals surface area (Å²) in [5.74, 6) is 0.650. The van der Waals surface area contributed by atoms with Crippen LogP contribution in [0, 0.1) is 11.3 Å². The molecule has 3 heteroatoms. The molecule has 17 heavy (non-hydrogen) atoms. The van der Waals surface area contributed by atoms with Crippen molar-refractivity contribution in [2.45, 2.75) is 52.5 Å². The van der Waals surface area contributed by atoms with Gasteiger partial charge in [0.1, 0.15) is 6.29 Å². The zero-order chi connectivity index (χ0) is 12.9. The molecule has 2 unspecified atom stereocenters. The average Bonchev–Trinajstić information content (AvgIpc) is 2.28. The normalized spacial score (nSPS) is 29.9. The molecule has 3 nitrogen and oxygen atoms in total. The minimum atomic E-state index is -0.170. The summed E-state index contributed by atoms with van der Waals surface area (Å²) in [4.78, 5) is 13.7. The maximum absolute atomic E-state index is 11.5. The van der Waals surface area contributed by atoms with Gasteiger partial charge in [0, 0.05) is 24.5 Å². The third kappa shape index (κ3) is 4.07. The van der Waals surface area contributed by atoms with Crippen LogP contribution in [-0.4, -0.2) is 42.0 Å². The first-order valence-corrected chi connectivity index (χ1v) is 6.84. The molecule has 100 valence electrons. The van der Waals surface area contributed by atoms with Crippen molar-refractivity contribution in [1.29, 1.82) is 0 Å². The number of aliphatic hydroxyl groups is 1. The van der Waals surface area contributed by atoms with Crippen LogP contribution in [0.4, 0.5) is 0 Å². The van der Waals surface area contributed by atoms with E-state index in [0.717, 1.165) is 25.8 Å². The fraction of sp³-hybridized carbons (Fsp3) is 0.929. The molecular weight excluding hydrogens is 214 g/mol. The highest BCUT2D eigenvalue weighted by Crippen LogP contribution is 2.38. The Morgan fingerprint density at radius 1 is 1.53 bits per heavy atom. The minimum Gasteiger partial charge on any atom is -0.395 e. The highest BCUT2D eigenvalue weighted by atomic mass is 16.3. The van der Waals surface area contributed by atoms with Crippen molar-refractivity contribution in [2.24, 2.45) is 11.3 Å². The molecule has 2 atom stereocenters. The number of nitrogens with zero attached hydrogens (tertiary/aromatic N) is 1. The summed E-state index contributed by atoms with van der Waals surface area (Å²) in [5, 5.41) is 9.09. The van der Waals surface area contributed by atoms with Gasteiger partial charge < -0.3 is 9.90 Å². The molecular formula is C14H27NO2. The van der Waals surface area contributed by atoms with E-state index in [0.29, 0.717) is 18.5 Å². The molecule has 0 radical (unpaired) electrons. The zero-order valence-corrected chi connectivity index (χ0v) is 11.5. The topological polar surface area (TPSA) is 40.5 Å². The van der Waals surface area contributed by atoms with Crippen LogP contribution in [0.15, 0.2) is 0 Å². The SMILES string of the molecule is CC1CCCC(C=O)(CN(CCO)C(C)C)C1. The zero-order valence-electron chi connectivity index (χ0n) is 11.5. The standard InChI is InChI=1S/C14H27NO2/c1-12(2)15(7-8-16)10-14(11-17)6-4-5-13(3)9-14/h11-13,16H,4-10H2,1-3H3. The minimum absolute atomic E-state index is 0.169. The summed E-state index contributed by atoms with van der Waals surface area (Å²) in [5.41, 5.74) is -0.170. The molecule has 0 saturated heterocycles. The molecule has 0 aromatic carbocycles. The second-order valence-electron chi connectivity index (χ2n) is 5.97. The van der Waals surface area contributed by atoms with Crippen molar-refractivity contribution < 1.29 is 9.90 Å². The Bertz CT molecular complexity index is 242.